The van der Waals surface area contributed by atoms with Crippen molar-refractivity contribution >= 4 is 5.97 Å². The zero-order chi connectivity index (χ0) is 17.8. The van der Waals surface area contributed by atoms with Gasteiger partial charge in [0.15, 0.2) is 0 Å². The SMILES string of the molecule is CC1=CC[C@@H]2[C@@](C)(CO)CCC[C@]2(C)[C@@]12CC[C@@](C)(CC(=O)O)O2. The molecule has 0 aromatic heterocycles. The van der Waals surface area contributed by atoms with Gasteiger partial charge in [-0.3, -0.25) is 4.79 Å². The Bertz CT molecular complexity index is 570. The lowest BCUT2D eigenvalue weighted by Gasteiger charge is -2.61. The summed E-state index contributed by atoms with van der Waals surface area (Å²) in [5.41, 5.74) is 0.164. The van der Waals surface area contributed by atoms with Gasteiger partial charge in [-0.15, -0.1) is 0 Å². The maximum Gasteiger partial charge on any atom is 0.306 e. The number of carboxylic acid groups (broad SMARTS) is 1. The number of rotatable bonds is 3. The molecule has 136 valence electrons. The third kappa shape index (κ3) is 2.37. The van der Waals surface area contributed by atoms with Crippen molar-refractivity contribution in [1.82, 2.24) is 0 Å². The van der Waals surface area contributed by atoms with Crippen LogP contribution in [0.4, 0.5) is 0 Å². The Kier molecular flexibility index (Phi) is 4.16. The molecule has 4 nitrogen and oxygen atoms in total. The second-order valence-corrected chi connectivity index (χ2v) is 9.21. The van der Waals surface area contributed by atoms with Crippen molar-refractivity contribution in [3.05, 3.63) is 11.6 Å². The predicted molar refractivity (Wildman–Crippen MR) is 92.7 cm³/mol. The van der Waals surface area contributed by atoms with Crippen LogP contribution in [0, 0.1) is 16.7 Å². The molecule has 4 heteroatoms. The van der Waals surface area contributed by atoms with Gasteiger partial charge in [-0.25, -0.2) is 0 Å². The van der Waals surface area contributed by atoms with Crippen molar-refractivity contribution in [3.63, 3.8) is 0 Å². The lowest BCUT2D eigenvalue weighted by Crippen LogP contribution is -2.60. The molecular formula is C20H32O4. The van der Waals surface area contributed by atoms with Crippen molar-refractivity contribution in [2.45, 2.75) is 83.8 Å². The van der Waals surface area contributed by atoms with Crippen molar-refractivity contribution in [2.75, 3.05) is 6.61 Å². The number of fused-ring (bicyclic) bond motifs is 2. The number of ether oxygens (including phenoxy) is 1. The van der Waals surface area contributed by atoms with E-state index in [2.05, 4.69) is 26.8 Å². The Hall–Kier alpha value is -0.870. The topological polar surface area (TPSA) is 66.8 Å². The Morgan fingerprint density at radius 1 is 1.25 bits per heavy atom. The number of aliphatic hydroxyl groups is 1. The molecular weight excluding hydrogens is 304 g/mol. The first-order chi connectivity index (χ1) is 11.1. The molecule has 0 aromatic carbocycles. The van der Waals surface area contributed by atoms with Gasteiger partial charge in [0.25, 0.3) is 0 Å². The van der Waals surface area contributed by atoms with Crippen molar-refractivity contribution in [3.8, 4) is 0 Å². The number of hydrogen-bond donors (Lipinski definition) is 2. The van der Waals surface area contributed by atoms with Crippen LogP contribution in [-0.4, -0.2) is 34.0 Å². The largest absolute Gasteiger partial charge is 0.481 e. The molecule has 0 amide bonds. The molecule has 3 aliphatic rings. The van der Waals surface area contributed by atoms with Gasteiger partial charge in [-0.05, 0) is 62.9 Å². The zero-order valence-electron chi connectivity index (χ0n) is 15.5. The van der Waals surface area contributed by atoms with E-state index in [1.165, 1.54) is 5.57 Å². The Morgan fingerprint density at radius 3 is 2.58 bits per heavy atom. The van der Waals surface area contributed by atoms with E-state index in [9.17, 15) is 15.0 Å². The highest BCUT2D eigenvalue weighted by Crippen LogP contribution is 2.66. The van der Waals surface area contributed by atoms with E-state index >= 15 is 0 Å². The van der Waals surface area contributed by atoms with Gasteiger partial charge >= 0.3 is 5.97 Å². The summed E-state index contributed by atoms with van der Waals surface area (Å²) < 4.78 is 6.68. The second-order valence-electron chi connectivity index (χ2n) is 9.21. The highest BCUT2D eigenvalue weighted by Gasteiger charge is 2.65. The molecule has 5 atom stereocenters. The van der Waals surface area contributed by atoms with E-state index in [0.29, 0.717) is 5.92 Å². The zero-order valence-corrected chi connectivity index (χ0v) is 15.5. The highest BCUT2D eigenvalue weighted by molar-refractivity contribution is 5.68. The standard InChI is InChI=1S/C20H32O4/c1-14-6-7-15-17(2,13-21)8-5-9-19(15,4)20(14)11-10-18(3,24-20)12-16(22)23/h6,15,21H,5,7-13H2,1-4H3,(H,22,23)/t15-,17-,18+,19+,20-/m1/s1. The third-order valence-corrected chi connectivity index (χ3v) is 7.59. The Labute approximate surface area is 145 Å². The van der Waals surface area contributed by atoms with Crippen molar-refractivity contribution in [1.29, 1.82) is 0 Å². The summed E-state index contributed by atoms with van der Waals surface area (Å²) in [6.45, 7) is 8.85. The van der Waals surface area contributed by atoms with Gasteiger partial charge in [-0.2, -0.15) is 0 Å². The summed E-state index contributed by atoms with van der Waals surface area (Å²) in [4.78, 5) is 11.3. The molecule has 1 spiro atoms. The van der Waals surface area contributed by atoms with Gasteiger partial charge in [0, 0.05) is 12.0 Å². The molecule has 2 aliphatic carbocycles. The van der Waals surface area contributed by atoms with E-state index in [4.69, 9.17) is 4.74 Å². The van der Waals surface area contributed by atoms with E-state index < -0.39 is 11.6 Å². The van der Waals surface area contributed by atoms with Crippen LogP contribution in [0.2, 0.25) is 0 Å². The van der Waals surface area contributed by atoms with Crippen molar-refractivity contribution in [2.24, 2.45) is 16.7 Å². The molecule has 1 saturated carbocycles. The first kappa shape index (κ1) is 17.9. The quantitative estimate of drug-likeness (QED) is 0.767. The number of allylic oxidation sites excluding steroid dienone is 1. The van der Waals surface area contributed by atoms with Crippen LogP contribution < -0.4 is 0 Å². The minimum absolute atomic E-state index is 0.0438. The monoisotopic (exact) mass is 336 g/mol. The molecule has 3 rings (SSSR count). The highest BCUT2D eigenvalue weighted by atomic mass is 16.5. The fraction of sp³-hybridized carbons (Fsp3) is 0.850. The van der Waals surface area contributed by atoms with Crippen molar-refractivity contribution < 1.29 is 19.7 Å². The molecule has 2 fully saturated rings. The number of aliphatic carboxylic acids is 1. The van der Waals surface area contributed by atoms with Gasteiger partial charge in [-0.1, -0.05) is 26.3 Å². The molecule has 1 heterocycles. The first-order valence-electron chi connectivity index (χ1n) is 9.31. The summed E-state index contributed by atoms with van der Waals surface area (Å²) in [6.07, 6.45) is 8.23. The smallest absolute Gasteiger partial charge is 0.306 e. The summed E-state index contributed by atoms with van der Waals surface area (Å²) >= 11 is 0. The van der Waals surface area contributed by atoms with Crippen LogP contribution in [-0.2, 0) is 9.53 Å². The molecule has 1 saturated heterocycles. The van der Waals surface area contributed by atoms with E-state index in [0.717, 1.165) is 38.5 Å². The minimum atomic E-state index is -0.794. The number of carboxylic acids is 1. The molecule has 2 N–H and O–H groups in total. The number of hydrogen-bond acceptors (Lipinski definition) is 3. The van der Waals surface area contributed by atoms with Crippen LogP contribution in [0.5, 0.6) is 0 Å². The molecule has 0 unspecified atom stereocenters. The third-order valence-electron chi connectivity index (χ3n) is 7.59. The number of aliphatic hydroxyl groups excluding tert-OH is 1. The van der Waals surface area contributed by atoms with Crippen LogP contribution in [0.25, 0.3) is 0 Å². The van der Waals surface area contributed by atoms with E-state index in [-0.39, 0.29) is 29.5 Å². The second kappa shape index (κ2) is 5.57. The van der Waals surface area contributed by atoms with Crippen LogP contribution in [0.1, 0.15) is 72.6 Å². The minimum Gasteiger partial charge on any atom is -0.481 e. The lowest BCUT2D eigenvalue weighted by atomic mass is 9.46. The molecule has 0 radical (unpaired) electrons. The Morgan fingerprint density at radius 2 is 1.96 bits per heavy atom. The van der Waals surface area contributed by atoms with Crippen LogP contribution >= 0.6 is 0 Å². The summed E-state index contributed by atoms with van der Waals surface area (Å²) in [5, 5.41) is 19.4. The van der Waals surface area contributed by atoms with E-state index in [1.54, 1.807) is 0 Å². The predicted octanol–water partition coefficient (Wildman–Crippen LogP) is 3.92. The van der Waals surface area contributed by atoms with Crippen LogP contribution in [0.3, 0.4) is 0 Å². The Balaban J connectivity index is 2.02. The summed E-state index contributed by atoms with van der Waals surface area (Å²) in [7, 11) is 0. The van der Waals surface area contributed by atoms with E-state index in [1.807, 2.05) is 6.92 Å². The average molecular weight is 336 g/mol. The van der Waals surface area contributed by atoms with Gasteiger partial charge in [0.05, 0.1) is 17.6 Å². The summed E-state index contributed by atoms with van der Waals surface area (Å²) in [6, 6.07) is 0. The van der Waals surface area contributed by atoms with Gasteiger partial charge in [0.2, 0.25) is 0 Å². The molecule has 0 bridgehead atoms. The van der Waals surface area contributed by atoms with Crippen LogP contribution in [0.15, 0.2) is 11.6 Å². The molecule has 1 aliphatic heterocycles. The van der Waals surface area contributed by atoms with Gasteiger partial charge in [0.1, 0.15) is 0 Å². The lowest BCUT2D eigenvalue weighted by molar-refractivity contribution is -0.198. The summed E-state index contributed by atoms with van der Waals surface area (Å²) in [5.74, 6) is -0.419. The molecule has 24 heavy (non-hydrogen) atoms. The number of carbonyl (C=O) groups is 1. The normalized spacial score (nSPS) is 48.2. The average Bonchev–Trinajstić information content (AvgIpc) is 2.83. The maximum absolute atomic E-state index is 11.3. The van der Waals surface area contributed by atoms with Gasteiger partial charge < -0.3 is 14.9 Å². The fourth-order valence-corrected chi connectivity index (χ4v) is 6.19. The maximum atomic E-state index is 11.3. The fourth-order valence-electron chi connectivity index (χ4n) is 6.19. The molecule has 0 aromatic rings. The first-order valence-corrected chi connectivity index (χ1v) is 9.31.